The molecule has 22 heavy (non-hydrogen) atoms. The summed E-state index contributed by atoms with van der Waals surface area (Å²) in [6.45, 7) is 9.31. The molecule has 0 radical (unpaired) electrons. The van der Waals surface area contributed by atoms with Crippen LogP contribution in [0.25, 0.3) is 0 Å². The summed E-state index contributed by atoms with van der Waals surface area (Å²) in [5.74, 6) is 0. The van der Waals surface area contributed by atoms with Crippen LogP contribution in [-0.2, 0) is 4.74 Å². The monoisotopic (exact) mass is 368 g/mol. The first-order valence-corrected chi connectivity index (χ1v) is 8.55. The Morgan fingerprint density at radius 3 is 2.82 bits per heavy atom. The molecular formula is C17H25BrN2O2. The van der Waals surface area contributed by atoms with Crippen molar-refractivity contribution in [1.82, 2.24) is 4.90 Å². The number of likely N-dealkylation sites (tertiary alicyclic amines) is 1. The summed E-state index contributed by atoms with van der Waals surface area (Å²) in [5.41, 5.74) is 1.86. The lowest BCUT2D eigenvalue weighted by molar-refractivity contribution is 0.0235. The zero-order chi connectivity index (χ0) is 16.3. The van der Waals surface area contributed by atoms with Gasteiger partial charge in [0.25, 0.3) is 0 Å². The zero-order valence-corrected chi connectivity index (χ0v) is 15.4. The van der Waals surface area contributed by atoms with Crippen molar-refractivity contribution < 1.29 is 9.53 Å². The fourth-order valence-electron chi connectivity index (χ4n) is 2.66. The van der Waals surface area contributed by atoms with Gasteiger partial charge in [0, 0.05) is 23.2 Å². The molecule has 1 fully saturated rings. The van der Waals surface area contributed by atoms with E-state index in [1.165, 1.54) is 5.56 Å². The van der Waals surface area contributed by atoms with Crippen LogP contribution >= 0.6 is 15.9 Å². The number of nitrogens with zero attached hydrogens (tertiary/aromatic N) is 1. The van der Waals surface area contributed by atoms with Gasteiger partial charge < -0.3 is 15.0 Å². The average molecular weight is 369 g/mol. The van der Waals surface area contributed by atoms with Gasteiger partial charge in [0.1, 0.15) is 5.60 Å². The van der Waals surface area contributed by atoms with E-state index >= 15 is 0 Å². The van der Waals surface area contributed by atoms with Crippen LogP contribution in [0.4, 0.5) is 10.5 Å². The molecule has 1 saturated heterocycles. The number of rotatable bonds is 3. The first-order valence-electron chi connectivity index (χ1n) is 7.76. The van der Waals surface area contributed by atoms with Gasteiger partial charge >= 0.3 is 6.09 Å². The van der Waals surface area contributed by atoms with E-state index in [9.17, 15) is 4.79 Å². The van der Waals surface area contributed by atoms with Crippen molar-refractivity contribution in [1.29, 1.82) is 0 Å². The predicted octanol–water partition coefficient (Wildman–Crippen LogP) is 4.57. The number of halogens is 1. The molecular weight excluding hydrogens is 344 g/mol. The molecule has 1 aromatic carbocycles. The van der Waals surface area contributed by atoms with Crippen LogP contribution in [0.3, 0.4) is 0 Å². The Kier molecular flexibility index (Phi) is 5.37. The van der Waals surface area contributed by atoms with Gasteiger partial charge in [0.2, 0.25) is 0 Å². The van der Waals surface area contributed by atoms with E-state index in [0.717, 1.165) is 36.1 Å². The second-order valence-corrected chi connectivity index (χ2v) is 7.73. The number of hydrogen-bond donors (Lipinski definition) is 1. The van der Waals surface area contributed by atoms with Gasteiger partial charge in [-0.25, -0.2) is 4.79 Å². The number of ether oxygens (including phenoxy) is 1. The molecule has 2 rings (SSSR count). The lowest BCUT2D eigenvalue weighted by atomic mass is 10.1. The third-order valence-electron chi connectivity index (χ3n) is 3.72. The fraction of sp³-hybridized carbons (Fsp3) is 0.588. The number of hydrogen-bond acceptors (Lipinski definition) is 3. The molecule has 1 unspecified atom stereocenters. The Hall–Kier alpha value is -1.23. The Bertz CT molecular complexity index is 540. The van der Waals surface area contributed by atoms with E-state index in [2.05, 4.69) is 40.3 Å². The highest BCUT2D eigenvalue weighted by Crippen LogP contribution is 2.23. The van der Waals surface area contributed by atoms with E-state index in [1.807, 2.05) is 31.7 Å². The summed E-state index contributed by atoms with van der Waals surface area (Å²) in [4.78, 5) is 14.1. The van der Waals surface area contributed by atoms with Crippen LogP contribution < -0.4 is 5.32 Å². The molecule has 1 aromatic rings. The number of anilines is 1. The van der Waals surface area contributed by atoms with Crippen molar-refractivity contribution >= 4 is 27.7 Å². The first kappa shape index (κ1) is 17.1. The predicted molar refractivity (Wildman–Crippen MR) is 93.3 cm³/mol. The Morgan fingerprint density at radius 1 is 1.45 bits per heavy atom. The summed E-state index contributed by atoms with van der Waals surface area (Å²) in [5, 5.41) is 3.46. The molecule has 1 aliphatic heterocycles. The van der Waals surface area contributed by atoms with E-state index < -0.39 is 5.60 Å². The summed E-state index contributed by atoms with van der Waals surface area (Å²) in [7, 11) is 0. The Morgan fingerprint density at radius 2 is 2.18 bits per heavy atom. The summed E-state index contributed by atoms with van der Waals surface area (Å²) in [6, 6.07) is 6.36. The average Bonchev–Trinajstić information content (AvgIpc) is 2.84. The Balaban J connectivity index is 1.95. The third kappa shape index (κ3) is 4.63. The van der Waals surface area contributed by atoms with Crippen molar-refractivity contribution in [2.24, 2.45) is 0 Å². The Labute approximate surface area is 141 Å². The second kappa shape index (κ2) is 6.90. The molecule has 1 N–H and O–H groups in total. The second-order valence-electron chi connectivity index (χ2n) is 6.81. The van der Waals surface area contributed by atoms with Crippen molar-refractivity contribution in [3.8, 4) is 0 Å². The normalized spacial score (nSPS) is 18.4. The minimum Gasteiger partial charge on any atom is -0.444 e. The van der Waals surface area contributed by atoms with Gasteiger partial charge in [-0.3, -0.25) is 0 Å². The molecule has 4 nitrogen and oxygen atoms in total. The summed E-state index contributed by atoms with van der Waals surface area (Å²) < 4.78 is 6.57. The number of amides is 1. The minimum atomic E-state index is -0.444. The number of benzene rings is 1. The number of nitrogens with one attached hydrogen (secondary N) is 1. The van der Waals surface area contributed by atoms with Crippen molar-refractivity contribution in [3.05, 3.63) is 28.2 Å². The molecule has 1 heterocycles. The number of carbonyl (C=O) groups excluding carboxylic acids is 1. The maximum atomic E-state index is 12.3. The lowest BCUT2D eigenvalue weighted by Crippen LogP contribution is -2.42. The summed E-state index contributed by atoms with van der Waals surface area (Å²) in [6.07, 6.45) is 1.84. The van der Waals surface area contributed by atoms with Gasteiger partial charge in [-0.05, 0) is 64.3 Å². The molecule has 1 aliphatic rings. The summed E-state index contributed by atoms with van der Waals surface area (Å²) >= 11 is 3.47. The molecule has 0 spiro atoms. The van der Waals surface area contributed by atoms with Gasteiger partial charge in [0.05, 0.1) is 6.04 Å². The highest BCUT2D eigenvalue weighted by molar-refractivity contribution is 9.10. The maximum absolute atomic E-state index is 12.3. The van der Waals surface area contributed by atoms with E-state index in [1.54, 1.807) is 0 Å². The highest BCUT2D eigenvalue weighted by atomic mass is 79.9. The topological polar surface area (TPSA) is 41.6 Å². The van der Waals surface area contributed by atoms with Crippen LogP contribution in [0, 0.1) is 6.92 Å². The van der Waals surface area contributed by atoms with Crippen LogP contribution in [0.15, 0.2) is 22.7 Å². The molecule has 5 heteroatoms. The molecule has 0 aromatic heterocycles. The van der Waals surface area contributed by atoms with E-state index in [4.69, 9.17) is 4.74 Å². The van der Waals surface area contributed by atoms with Gasteiger partial charge in [-0.15, -0.1) is 0 Å². The maximum Gasteiger partial charge on any atom is 0.410 e. The molecule has 122 valence electrons. The van der Waals surface area contributed by atoms with E-state index in [-0.39, 0.29) is 12.1 Å². The van der Waals surface area contributed by atoms with Crippen molar-refractivity contribution in [2.75, 3.05) is 18.4 Å². The molecule has 0 saturated carbocycles. The first-order chi connectivity index (χ1) is 10.3. The van der Waals surface area contributed by atoms with Crippen molar-refractivity contribution in [2.45, 2.75) is 52.2 Å². The quantitative estimate of drug-likeness (QED) is 0.849. The van der Waals surface area contributed by atoms with Crippen LogP contribution in [0.2, 0.25) is 0 Å². The molecule has 1 amide bonds. The lowest BCUT2D eigenvalue weighted by Gasteiger charge is -2.29. The SMILES string of the molecule is Cc1cc(Br)ccc1NCC1CCCN1C(=O)OC(C)(C)C. The third-order valence-corrected chi connectivity index (χ3v) is 4.21. The largest absolute Gasteiger partial charge is 0.444 e. The zero-order valence-electron chi connectivity index (χ0n) is 13.8. The number of aryl methyl sites for hydroxylation is 1. The van der Waals surface area contributed by atoms with Crippen LogP contribution in [0.1, 0.15) is 39.2 Å². The highest BCUT2D eigenvalue weighted by Gasteiger charge is 2.31. The standard InChI is InChI=1S/C17H25BrN2O2/c1-12-10-13(18)7-8-15(12)19-11-14-6-5-9-20(14)16(21)22-17(2,3)4/h7-8,10,14,19H,5-6,9,11H2,1-4H3. The fourth-order valence-corrected chi connectivity index (χ4v) is 3.14. The van der Waals surface area contributed by atoms with E-state index in [0.29, 0.717) is 0 Å². The van der Waals surface area contributed by atoms with Gasteiger partial charge in [-0.2, -0.15) is 0 Å². The molecule has 0 bridgehead atoms. The van der Waals surface area contributed by atoms with Crippen LogP contribution in [-0.4, -0.2) is 35.7 Å². The number of carbonyl (C=O) groups is 1. The molecule has 0 aliphatic carbocycles. The van der Waals surface area contributed by atoms with Crippen molar-refractivity contribution in [3.63, 3.8) is 0 Å². The minimum absolute atomic E-state index is 0.192. The molecule has 1 atom stereocenters. The van der Waals surface area contributed by atoms with Gasteiger partial charge in [0.15, 0.2) is 0 Å². The smallest absolute Gasteiger partial charge is 0.410 e. The van der Waals surface area contributed by atoms with Gasteiger partial charge in [-0.1, -0.05) is 15.9 Å². The van der Waals surface area contributed by atoms with Crippen LogP contribution in [0.5, 0.6) is 0 Å².